The van der Waals surface area contributed by atoms with E-state index in [2.05, 4.69) is 4.72 Å². The molecule has 0 amide bonds. The van der Waals surface area contributed by atoms with Crippen molar-refractivity contribution in [2.45, 2.75) is 50.1 Å². The predicted octanol–water partition coefficient (Wildman–Crippen LogP) is 5.62. The quantitative estimate of drug-likeness (QED) is 0.675. The first-order chi connectivity index (χ1) is 13.6. The van der Waals surface area contributed by atoms with Gasteiger partial charge in [0.2, 0.25) is 0 Å². The molecular formula is C21H25F3N2O2S. The smallest absolute Gasteiger partial charge is 0.370 e. The van der Waals surface area contributed by atoms with Crippen LogP contribution in [0.1, 0.15) is 50.2 Å². The minimum atomic E-state index is -4.56. The lowest BCUT2D eigenvalue weighted by atomic mass is 10.0. The molecule has 1 aliphatic heterocycles. The average molecular weight is 427 g/mol. The maximum atomic E-state index is 13.2. The van der Waals surface area contributed by atoms with Crippen LogP contribution in [0.4, 0.5) is 24.5 Å². The van der Waals surface area contributed by atoms with E-state index in [1.807, 2.05) is 18.7 Å². The molecule has 0 atom stereocenters. The lowest BCUT2D eigenvalue weighted by Crippen LogP contribution is -2.30. The van der Waals surface area contributed by atoms with Gasteiger partial charge in [0.15, 0.2) is 0 Å². The zero-order chi connectivity index (χ0) is 21.2. The maximum absolute atomic E-state index is 13.2. The third kappa shape index (κ3) is 5.04. The molecule has 0 unspecified atom stereocenters. The lowest BCUT2D eigenvalue weighted by molar-refractivity contribution is -0.137. The second-order valence-electron chi connectivity index (χ2n) is 7.61. The van der Waals surface area contributed by atoms with E-state index in [9.17, 15) is 21.6 Å². The Morgan fingerprint density at radius 2 is 1.59 bits per heavy atom. The van der Waals surface area contributed by atoms with E-state index in [4.69, 9.17) is 0 Å². The highest BCUT2D eigenvalue weighted by atomic mass is 32.2. The van der Waals surface area contributed by atoms with Crippen molar-refractivity contribution in [2.75, 3.05) is 22.7 Å². The molecule has 0 spiro atoms. The van der Waals surface area contributed by atoms with Crippen molar-refractivity contribution in [3.63, 3.8) is 0 Å². The van der Waals surface area contributed by atoms with Gasteiger partial charge in [0.25, 0.3) is 10.0 Å². The van der Waals surface area contributed by atoms with Crippen LogP contribution in [0, 0.1) is 0 Å². The van der Waals surface area contributed by atoms with Crippen molar-refractivity contribution < 1.29 is 21.6 Å². The Balaban J connectivity index is 1.98. The number of hydrogen-bond donors (Lipinski definition) is 1. The fourth-order valence-corrected chi connectivity index (χ4v) is 4.51. The molecule has 0 aliphatic carbocycles. The van der Waals surface area contributed by atoms with Crippen molar-refractivity contribution in [3.8, 4) is 0 Å². The molecule has 4 nitrogen and oxygen atoms in total. The molecule has 158 valence electrons. The summed E-state index contributed by atoms with van der Waals surface area (Å²) >= 11 is 0. The van der Waals surface area contributed by atoms with E-state index in [0.717, 1.165) is 37.0 Å². The first-order valence-corrected chi connectivity index (χ1v) is 11.2. The molecule has 29 heavy (non-hydrogen) atoms. The summed E-state index contributed by atoms with van der Waals surface area (Å²) in [5.41, 5.74) is 0.526. The Bertz CT molecular complexity index is 949. The van der Waals surface area contributed by atoms with Gasteiger partial charge < -0.3 is 4.90 Å². The Kier molecular flexibility index (Phi) is 6.12. The molecule has 2 aromatic carbocycles. The lowest BCUT2D eigenvalue weighted by Gasteiger charge is -2.31. The summed E-state index contributed by atoms with van der Waals surface area (Å²) in [4.78, 5) is 1.95. The topological polar surface area (TPSA) is 49.4 Å². The van der Waals surface area contributed by atoms with E-state index in [1.54, 1.807) is 12.1 Å². The summed E-state index contributed by atoms with van der Waals surface area (Å²) in [6.07, 6.45) is -1.66. The van der Waals surface area contributed by atoms with E-state index < -0.39 is 21.8 Å². The predicted molar refractivity (Wildman–Crippen MR) is 109 cm³/mol. The number of nitrogens with one attached hydrogen (secondary N) is 1. The molecule has 1 N–H and O–H groups in total. The second-order valence-corrected chi connectivity index (χ2v) is 9.29. The third-order valence-electron chi connectivity index (χ3n) is 5.12. The van der Waals surface area contributed by atoms with Gasteiger partial charge in [-0.3, -0.25) is 4.72 Å². The zero-order valence-electron chi connectivity index (χ0n) is 16.5. The minimum absolute atomic E-state index is 0.0175. The molecule has 0 bridgehead atoms. The van der Waals surface area contributed by atoms with Gasteiger partial charge in [-0.15, -0.1) is 0 Å². The number of piperidine rings is 1. The number of halogens is 3. The SMILES string of the molecule is CC(C)c1ccc(S(=O)(=O)Nc2cc(C(F)(F)F)ccc2N2CCCCC2)cc1. The van der Waals surface area contributed by atoms with E-state index in [-0.39, 0.29) is 16.5 Å². The van der Waals surface area contributed by atoms with Gasteiger partial charge in [-0.05, 0) is 61.1 Å². The van der Waals surface area contributed by atoms with Gasteiger partial charge in [0, 0.05) is 13.1 Å². The molecular weight excluding hydrogens is 401 g/mol. The van der Waals surface area contributed by atoms with E-state index in [1.165, 1.54) is 18.2 Å². The Hall–Kier alpha value is -2.22. The van der Waals surface area contributed by atoms with E-state index in [0.29, 0.717) is 18.8 Å². The van der Waals surface area contributed by atoms with Crippen LogP contribution in [0.25, 0.3) is 0 Å². The second kappa shape index (κ2) is 8.26. The third-order valence-corrected chi connectivity index (χ3v) is 6.50. The first-order valence-electron chi connectivity index (χ1n) is 9.67. The highest BCUT2D eigenvalue weighted by molar-refractivity contribution is 7.92. The van der Waals surface area contributed by atoms with Crippen molar-refractivity contribution in [3.05, 3.63) is 53.6 Å². The highest BCUT2D eigenvalue weighted by Gasteiger charge is 2.32. The maximum Gasteiger partial charge on any atom is 0.416 e. The summed E-state index contributed by atoms with van der Waals surface area (Å²) < 4.78 is 67.8. The van der Waals surface area contributed by atoms with Crippen molar-refractivity contribution in [1.29, 1.82) is 0 Å². The number of alkyl halides is 3. The monoisotopic (exact) mass is 426 g/mol. The van der Waals surface area contributed by atoms with Gasteiger partial charge in [-0.1, -0.05) is 26.0 Å². The van der Waals surface area contributed by atoms with Gasteiger partial charge in [-0.2, -0.15) is 13.2 Å². The Morgan fingerprint density at radius 1 is 0.966 bits per heavy atom. The number of sulfonamides is 1. The molecule has 1 aliphatic rings. The summed E-state index contributed by atoms with van der Waals surface area (Å²) in [5, 5.41) is 0. The summed E-state index contributed by atoms with van der Waals surface area (Å²) in [6.45, 7) is 5.36. The van der Waals surface area contributed by atoms with Gasteiger partial charge in [0.1, 0.15) is 0 Å². The van der Waals surface area contributed by atoms with E-state index >= 15 is 0 Å². The zero-order valence-corrected chi connectivity index (χ0v) is 17.3. The van der Waals surface area contributed by atoms with Gasteiger partial charge in [0.05, 0.1) is 21.8 Å². The average Bonchev–Trinajstić information content (AvgIpc) is 2.67. The molecule has 2 aromatic rings. The normalized spacial score (nSPS) is 15.6. The largest absolute Gasteiger partial charge is 0.416 e. The van der Waals surface area contributed by atoms with Crippen LogP contribution < -0.4 is 9.62 Å². The van der Waals surface area contributed by atoms with Crippen LogP contribution in [0.15, 0.2) is 47.4 Å². The molecule has 1 saturated heterocycles. The highest BCUT2D eigenvalue weighted by Crippen LogP contribution is 2.37. The first kappa shape index (κ1) is 21.5. The number of benzene rings is 2. The molecule has 0 aromatic heterocycles. The number of nitrogens with zero attached hydrogens (tertiary/aromatic N) is 1. The molecule has 3 rings (SSSR count). The van der Waals surface area contributed by atoms with Gasteiger partial charge >= 0.3 is 6.18 Å². The minimum Gasteiger partial charge on any atom is -0.370 e. The summed E-state index contributed by atoms with van der Waals surface area (Å²) in [5.74, 6) is 0.244. The molecule has 1 heterocycles. The standard InChI is InChI=1S/C21H25F3N2O2S/c1-15(2)16-6-9-18(10-7-16)29(27,28)25-19-14-17(21(22,23)24)8-11-20(19)26-12-4-3-5-13-26/h6-11,14-15,25H,3-5,12-13H2,1-2H3. The van der Waals surface area contributed by atoms with Crippen LogP contribution in [0.2, 0.25) is 0 Å². The van der Waals surface area contributed by atoms with Crippen molar-refractivity contribution in [2.24, 2.45) is 0 Å². The Morgan fingerprint density at radius 3 is 2.14 bits per heavy atom. The fourth-order valence-electron chi connectivity index (χ4n) is 3.44. The van der Waals surface area contributed by atoms with Crippen LogP contribution in [0.3, 0.4) is 0 Å². The molecule has 1 fully saturated rings. The molecule has 0 radical (unpaired) electrons. The van der Waals surface area contributed by atoms with Crippen LogP contribution in [-0.4, -0.2) is 21.5 Å². The number of hydrogen-bond acceptors (Lipinski definition) is 3. The van der Waals surface area contributed by atoms with Crippen LogP contribution in [-0.2, 0) is 16.2 Å². The fraction of sp³-hybridized carbons (Fsp3) is 0.429. The molecule has 8 heteroatoms. The summed E-state index contributed by atoms with van der Waals surface area (Å²) in [7, 11) is -4.02. The van der Waals surface area contributed by atoms with Crippen molar-refractivity contribution >= 4 is 21.4 Å². The number of anilines is 2. The van der Waals surface area contributed by atoms with Crippen LogP contribution >= 0.6 is 0 Å². The number of rotatable bonds is 5. The summed E-state index contributed by atoms with van der Waals surface area (Å²) in [6, 6.07) is 9.63. The van der Waals surface area contributed by atoms with Crippen molar-refractivity contribution in [1.82, 2.24) is 0 Å². The molecule has 0 saturated carbocycles. The van der Waals surface area contributed by atoms with Gasteiger partial charge in [-0.25, -0.2) is 8.42 Å². The Labute approximate surface area is 169 Å². The van der Waals surface area contributed by atoms with Crippen LogP contribution in [0.5, 0.6) is 0 Å².